The second-order valence-corrected chi connectivity index (χ2v) is 7.29. The molecule has 1 aromatic carbocycles. The molecular formula is C15H20N4O5S. The van der Waals surface area contributed by atoms with Gasteiger partial charge in [-0.25, -0.2) is 18.4 Å². The molecule has 0 atom stereocenters. The minimum absolute atomic E-state index is 0.0877. The Labute approximate surface area is 145 Å². The van der Waals surface area contributed by atoms with Crippen LogP contribution in [0.15, 0.2) is 29.2 Å². The maximum atomic E-state index is 12.4. The number of hydrogen-bond acceptors (Lipinski definition) is 5. The second-order valence-electron chi connectivity index (χ2n) is 5.73. The van der Waals surface area contributed by atoms with E-state index in [9.17, 15) is 22.8 Å². The Morgan fingerprint density at radius 2 is 1.76 bits per heavy atom. The van der Waals surface area contributed by atoms with Crippen LogP contribution in [-0.4, -0.2) is 43.2 Å². The van der Waals surface area contributed by atoms with E-state index in [-0.39, 0.29) is 4.90 Å². The number of carbonyl (C=O) groups excluding carboxylic acids is 3. The molecule has 0 aromatic heterocycles. The predicted molar refractivity (Wildman–Crippen MR) is 90.0 cm³/mol. The van der Waals surface area contributed by atoms with Gasteiger partial charge in [-0.3, -0.25) is 14.5 Å². The molecule has 0 spiro atoms. The number of urea groups is 1. The van der Waals surface area contributed by atoms with E-state index in [4.69, 9.17) is 5.14 Å². The highest BCUT2D eigenvalue weighted by Crippen LogP contribution is 2.24. The van der Waals surface area contributed by atoms with Gasteiger partial charge in [0.05, 0.1) is 4.90 Å². The molecule has 1 heterocycles. The van der Waals surface area contributed by atoms with E-state index in [1.165, 1.54) is 24.3 Å². The second kappa shape index (κ2) is 6.81. The molecule has 1 fully saturated rings. The zero-order chi connectivity index (χ0) is 18.8. The number of benzene rings is 1. The van der Waals surface area contributed by atoms with Gasteiger partial charge in [0.15, 0.2) is 0 Å². The normalized spacial score (nSPS) is 16.7. The van der Waals surface area contributed by atoms with E-state index in [1.54, 1.807) is 13.8 Å². The van der Waals surface area contributed by atoms with E-state index in [1.807, 2.05) is 0 Å². The third kappa shape index (κ3) is 3.80. The average molecular weight is 368 g/mol. The van der Waals surface area contributed by atoms with Crippen molar-refractivity contribution in [3.8, 4) is 0 Å². The summed E-state index contributed by atoms with van der Waals surface area (Å²) in [6.07, 6.45) is 0.864. The van der Waals surface area contributed by atoms with Gasteiger partial charge in [-0.05, 0) is 37.1 Å². The highest BCUT2D eigenvalue weighted by atomic mass is 32.2. The minimum atomic E-state index is -3.82. The van der Waals surface area contributed by atoms with Crippen molar-refractivity contribution in [2.45, 2.75) is 37.1 Å². The van der Waals surface area contributed by atoms with Crippen molar-refractivity contribution in [2.75, 3.05) is 11.9 Å². The number of amides is 4. The third-order valence-corrected chi connectivity index (χ3v) is 5.15. The van der Waals surface area contributed by atoms with Crippen molar-refractivity contribution >= 4 is 33.6 Å². The predicted octanol–water partition coefficient (Wildman–Crippen LogP) is 0.383. The number of hydrogen-bond donors (Lipinski definition) is 3. The van der Waals surface area contributed by atoms with Gasteiger partial charge in [-0.1, -0.05) is 13.8 Å². The maximum Gasteiger partial charge on any atom is 0.325 e. The standard InChI is InChI=1S/C15H20N4O5S/c1-3-15(4-2)13(21)19(14(22)18-15)9-12(20)17-10-5-7-11(8-6-10)25(16,23)24/h5-8H,3-4,9H2,1-2H3,(H,17,20)(H,18,22)(H2,16,23,24). The Morgan fingerprint density at radius 1 is 1.20 bits per heavy atom. The van der Waals surface area contributed by atoms with E-state index in [2.05, 4.69) is 10.6 Å². The van der Waals surface area contributed by atoms with Crippen molar-refractivity contribution in [3.63, 3.8) is 0 Å². The number of anilines is 1. The molecule has 9 nitrogen and oxygen atoms in total. The summed E-state index contributed by atoms with van der Waals surface area (Å²) in [5, 5.41) is 10.1. The summed E-state index contributed by atoms with van der Waals surface area (Å²) >= 11 is 0. The van der Waals surface area contributed by atoms with Crippen LogP contribution in [0.25, 0.3) is 0 Å². The van der Waals surface area contributed by atoms with Crippen LogP contribution in [0.2, 0.25) is 0 Å². The monoisotopic (exact) mass is 368 g/mol. The lowest BCUT2D eigenvalue weighted by molar-refractivity contribution is -0.134. The molecule has 1 aromatic rings. The van der Waals surface area contributed by atoms with Crippen LogP contribution in [-0.2, 0) is 19.6 Å². The number of imide groups is 1. The van der Waals surface area contributed by atoms with Gasteiger partial charge >= 0.3 is 6.03 Å². The number of sulfonamides is 1. The van der Waals surface area contributed by atoms with Crippen LogP contribution in [0.1, 0.15) is 26.7 Å². The quantitative estimate of drug-likeness (QED) is 0.623. The highest BCUT2D eigenvalue weighted by molar-refractivity contribution is 7.89. The van der Waals surface area contributed by atoms with Crippen LogP contribution < -0.4 is 15.8 Å². The zero-order valence-electron chi connectivity index (χ0n) is 13.9. The SMILES string of the molecule is CCC1(CC)NC(=O)N(CC(=O)Nc2ccc(S(N)(=O)=O)cc2)C1=O. The van der Waals surface area contributed by atoms with Crippen LogP contribution in [0.5, 0.6) is 0 Å². The third-order valence-electron chi connectivity index (χ3n) is 4.22. The van der Waals surface area contributed by atoms with Crippen molar-refractivity contribution in [1.29, 1.82) is 0 Å². The fourth-order valence-electron chi connectivity index (χ4n) is 2.62. The number of nitrogens with zero attached hydrogens (tertiary/aromatic N) is 1. The topological polar surface area (TPSA) is 139 Å². The van der Waals surface area contributed by atoms with Crippen LogP contribution in [0.3, 0.4) is 0 Å². The Kier molecular flexibility index (Phi) is 5.14. The molecule has 1 aliphatic heterocycles. The number of rotatable bonds is 6. The fraction of sp³-hybridized carbons (Fsp3) is 0.400. The van der Waals surface area contributed by atoms with Gasteiger partial charge in [0.25, 0.3) is 5.91 Å². The summed E-state index contributed by atoms with van der Waals surface area (Å²) in [5.74, 6) is -1.00. The lowest BCUT2D eigenvalue weighted by Gasteiger charge is -2.23. The van der Waals surface area contributed by atoms with Crippen molar-refractivity contribution < 1.29 is 22.8 Å². The first-order valence-electron chi connectivity index (χ1n) is 7.70. The molecule has 10 heteroatoms. The Morgan fingerprint density at radius 3 is 2.20 bits per heavy atom. The summed E-state index contributed by atoms with van der Waals surface area (Å²) in [6, 6.07) is 4.63. The van der Waals surface area contributed by atoms with Gasteiger partial charge in [0.1, 0.15) is 12.1 Å². The summed E-state index contributed by atoms with van der Waals surface area (Å²) < 4.78 is 22.4. The fourth-order valence-corrected chi connectivity index (χ4v) is 3.14. The molecule has 0 unspecified atom stereocenters. The number of nitrogens with two attached hydrogens (primary N) is 1. The Hall–Kier alpha value is -2.46. The van der Waals surface area contributed by atoms with E-state index < -0.39 is 40.0 Å². The van der Waals surface area contributed by atoms with Gasteiger partial charge in [0.2, 0.25) is 15.9 Å². The summed E-state index contributed by atoms with van der Waals surface area (Å²) in [5.41, 5.74) is -0.643. The summed E-state index contributed by atoms with van der Waals surface area (Å²) in [4.78, 5) is 37.3. The smallest absolute Gasteiger partial charge is 0.325 e. The Balaban J connectivity index is 2.05. The maximum absolute atomic E-state index is 12.4. The molecule has 1 saturated heterocycles. The van der Waals surface area contributed by atoms with Crippen molar-refractivity contribution in [3.05, 3.63) is 24.3 Å². The Bertz CT molecular complexity index is 800. The highest BCUT2D eigenvalue weighted by Gasteiger charge is 2.49. The molecule has 4 amide bonds. The van der Waals surface area contributed by atoms with Gasteiger partial charge < -0.3 is 10.6 Å². The van der Waals surface area contributed by atoms with Gasteiger partial charge in [0, 0.05) is 5.69 Å². The minimum Gasteiger partial charge on any atom is -0.325 e. The van der Waals surface area contributed by atoms with Crippen LogP contribution in [0, 0.1) is 0 Å². The van der Waals surface area contributed by atoms with Crippen molar-refractivity contribution in [1.82, 2.24) is 10.2 Å². The molecular weight excluding hydrogens is 348 g/mol. The van der Waals surface area contributed by atoms with Gasteiger partial charge in [-0.15, -0.1) is 0 Å². The first kappa shape index (κ1) is 18.9. The first-order valence-corrected chi connectivity index (χ1v) is 9.24. The van der Waals surface area contributed by atoms with Gasteiger partial charge in [-0.2, -0.15) is 0 Å². The summed E-state index contributed by atoms with van der Waals surface area (Å²) in [7, 11) is -3.82. The van der Waals surface area contributed by atoms with Crippen molar-refractivity contribution in [2.24, 2.45) is 5.14 Å². The number of carbonyl (C=O) groups is 3. The van der Waals surface area contributed by atoms with Crippen LogP contribution in [0.4, 0.5) is 10.5 Å². The lowest BCUT2D eigenvalue weighted by atomic mass is 9.93. The molecule has 4 N–H and O–H groups in total. The van der Waals surface area contributed by atoms with E-state index in [0.717, 1.165) is 4.90 Å². The average Bonchev–Trinajstić information content (AvgIpc) is 2.79. The zero-order valence-corrected chi connectivity index (χ0v) is 14.7. The molecule has 25 heavy (non-hydrogen) atoms. The molecule has 0 bridgehead atoms. The largest absolute Gasteiger partial charge is 0.325 e. The number of primary sulfonamides is 1. The first-order chi connectivity index (χ1) is 11.6. The summed E-state index contributed by atoms with van der Waals surface area (Å²) in [6.45, 7) is 3.15. The number of nitrogens with one attached hydrogen (secondary N) is 2. The van der Waals surface area contributed by atoms with E-state index in [0.29, 0.717) is 18.5 Å². The molecule has 2 rings (SSSR count). The molecule has 1 aliphatic rings. The molecule has 0 saturated carbocycles. The molecule has 136 valence electrons. The lowest BCUT2D eigenvalue weighted by Crippen LogP contribution is -2.46. The molecule has 0 aliphatic carbocycles. The van der Waals surface area contributed by atoms with E-state index >= 15 is 0 Å². The molecule has 0 radical (unpaired) electrons. The van der Waals surface area contributed by atoms with Crippen LogP contribution >= 0.6 is 0 Å².